The van der Waals surface area contributed by atoms with Gasteiger partial charge in [0.15, 0.2) is 0 Å². The highest BCUT2D eigenvalue weighted by atomic mass is 16.5. The number of oxime groups is 1. The zero-order valence-electron chi connectivity index (χ0n) is 11.7. The monoisotopic (exact) mass is 296 g/mol. The Labute approximate surface area is 125 Å². The van der Waals surface area contributed by atoms with E-state index in [0.717, 1.165) is 0 Å². The molecule has 2 aromatic carbocycles. The molecule has 0 unspecified atom stereocenters. The van der Waals surface area contributed by atoms with Gasteiger partial charge in [-0.3, -0.25) is 0 Å². The Bertz CT molecular complexity index is 856. The summed E-state index contributed by atoms with van der Waals surface area (Å²) in [4.78, 5) is 11.6. The summed E-state index contributed by atoms with van der Waals surface area (Å²) in [5, 5.41) is 20.7. The van der Waals surface area contributed by atoms with E-state index in [4.69, 9.17) is 4.74 Å². The first-order valence-electron chi connectivity index (χ1n) is 6.46. The molecule has 0 aliphatic heterocycles. The van der Waals surface area contributed by atoms with Gasteiger partial charge < -0.3 is 9.94 Å². The van der Waals surface area contributed by atoms with Crippen molar-refractivity contribution in [2.75, 3.05) is 7.11 Å². The summed E-state index contributed by atoms with van der Waals surface area (Å²) in [7, 11) is 1.31. The van der Waals surface area contributed by atoms with Crippen LogP contribution in [0, 0.1) is 0 Å². The lowest BCUT2D eigenvalue weighted by atomic mass is 10.2. The van der Waals surface area contributed by atoms with E-state index >= 15 is 0 Å². The number of fused-ring (bicyclic) bond motifs is 1. The molecule has 0 spiro atoms. The molecule has 1 N–H and O–H groups in total. The molecule has 1 heterocycles. The van der Waals surface area contributed by atoms with Gasteiger partial charge in [0, 0.05) is 5.56 Å². The van der Waals surface area contributed by atoms with Crippen LogP contribution in [0.3, 0.4) is 0 Å². The predicted molar refractivity (Wildman–Crippen MR) is 79.0 cm³/mol. The van der Waals surface area contributed by atoms with Crippen molar-refractivity contribution in [2.24, 2.45) is 5.16 Å². The van der Waals surface area contributed by atoms with Crippen molar-refractivity contribution < 1.29 is 14.7 Å². The Kier molecular flexibility index (Phi) is 3.53. The average molecular weight is 296 g/mol. The standard InChI is InChI=1S/C15H12N4O3/c1-22-15(20)11-7-8-12-13(9-11)19(18-16-12)14(17-21)10-5-3-2-4-6-10/h2-9,21H,1H3/b17-14-. The highest BCUT2D eigenvalue weighted by molar-refractivity contribution is 6.04. The van der Waals surface area contributed by atoms with Gasteiger partial charge >= 0.3 is 5.97 Å². The number of nitrogens with zero attached hydrogens (tertiary/aromatic N) is 4. The molecule has 0 amide bonds. The summed E-state index contributed by atoms with van der Waals surface area (Å²) >= 11 is 0. The van der Waals surface area contributed by atoms with Crippen LogP contribution in [-0.2, 0) is 4.74 Å². The zero-order chi connectivity index (χ0) is 15.5. The van der Waals surface area contributed by atoms with E-state index in [-0.39, 0.29) is 5.84 Å². The van der Waals surface area contributed by atoms with Crippen molar-refractivity contribution in [3.05, 3.63) is 59.7 Å². The highest BCUT2D eigenvalue weighted by Crippen LogP contribution is 2.16. The summed E-state index contributed by atoms with van der Waals surface area (Å²) < 4.78 is 6.08. The summed E-state index contributed by atoms with van der Waals surface area (Å²) in [5.74, 6) is -0.248. The van der Waals surface area contributed by atoms with Gasteiger partial charge in [-0.15, -0.1) is 5.10 Å². The number of benzene rings is 2. The van der Waals surface area contributed by atoms with Crippen molar-refractivity contribution in [3.8, 4) is 0 Å². The van der Waals surface area contributed by atoms with Gasteiger partial charge in [0.25, 0.3) is 0 Å². The SMILES string of the molecule is COC(=O)c1ccc2nnn(/C(=N\O)c3ccccc3)c2c1. The highest BCUT2D eigenvalue weighted by Gasteiger charge is 2.15. The lowest BCUT2D eigenvalue weighted by Crippen LogP contribution is -2.15. The largest absolute Gasteiger partial charge is 0.465 e. The van der Waals surface area contributed by atoms with Gasteiger partial charge in [0.1, 0.15) is 5.52 Å². The third-order valence-corrected chi connectivity index (χ3v) is 3.19. The molecule has 0 aliphatic rings. The minimum Gasteiger partial charge on any atom is -0.465 e. The fourth-order valence-electron chi connectivity index (χ4n) is 2.13. The molecule has 7 heteroatoms. The summed E-state index contributed by atoms with van der Waals surface area (Å²) in [5.41, 5.74) is 2.15. The third kappa shape index (κ3) is 2.28. The van der Waals surface area contributed by atoms with E-state index in [0.29, 0.717) is 22.2 Å². The van der Waals surface area contributed by atoms with Crippen molar-refractivity contribution in [3.63, 3.8) is 0 Å². The van der Waals surface area contributed by atoms with Crippen molar-refractivity contribution in [1.82, 2.24) is 15.0 Å². The first-order valence-corrected chi connectivity index (χ1v) is 6.46. The fourth-order valence-corrected chi connectivity index (χ4v) is 2.13. The molecule has 0 radical (unpaired) electrons. The van der Waals surface area contributed by atoms with E-state index in [1.165, 1.54) is 11.8 Å². The Morgan fingerprint density at radius 2 is 1.95 bits per heavy atom. The quantitative estimate of drug-likeness (QED) is 0.256. The molecule has 0 fully saturated rings. The second-order valence-corrected chi connectivity index (χ2v) is 4.49. The van der Waals surface area contributed by atoms with Crippen LogP contribution in [-0.4, -0.2) is 39.1 Å². The number of carbonyl (C=O) groups is 1. The number of carbonyl (C=O) groups excluding carboxylic acids is 1. The Morgan fingerprint density at radius 1 is 1.18 bits per heavy atom. The smallest absolute Gasteiger partial charge is 0.337 e. The van der Waals surface area contributed by atoms with Crippen molar-refractivity contribution in [1.29, 1.82) is 0 Å². The van der Waals surface area contributed by atoms with Crippen LogP contribution >= 0.6 is 0 Å². The second kappa shape index (κ2) is 5.65. The van der Waals surface area contributed by atoms with E-state index < -0.39 is 5.97 Å². The maximum Gasteiger partial charge on any atom is 0.337 e. The Balaban J connectivity index is 2.16. The van der Waals surface area contributed by atoms with Crippen LogP contribution in [0.2, 0.25) is 0 Å². The maximum atomic E-state index is 11.6. The number of ether oxygens (including phenoxy) is 1. The van der Waals surface area contributed by atoms with Crippen LogP contribution < -0.4 is 0 Å². The first-order chi connectivity index (χ1) is 10.7. The van der Waals surface area contributed by atoms with Crippen LogP contribution in [0.1, 0.15) is 15.9 Å². The Morgan fingerprint density at radius 3 is 2.64 bits per heavy atom. The molecular weight excluding hydrogens is 284 g/mol. The summed E-state index contributed by atoms with van der Waals surface area (Å²) in [6.45, 7) is 0. The predicted octanol–water partition coefficient (Wildman–Crippen LogP) is 1.90. The van der Waals surface area contributed by atoms with Gasteiger partial charge in [0.2, 0.25) is 5.84 Å². The number of methoxy groups -OCH3 is 1. The maximum absolute atomic E-state index is 11.6. The number of hydrogen-bond donors (Lipinski definition) is 1. The van der Waals surface area contributed by atoms with Gasteiger partial charge in [-0.1, -0.05) is 40.7 Å². The molecule has 7 nitrogen and oxygen atoms in total. The lowest BCUT2D eigenvalue weighted by Gasteiger charge is -2.05. The topological polar surface area (TPSA) is 89.6 Å². The molecule has 22 heavy (non-hydrogen) atoms. The van der Waals surface area contributed by atoms with Crippen LogP contribution in [0.5, 0.6) is 0 Å². The van der Waals surface area contributed by atoms with Crippen LogP contribution in [0.25, 0.3) is 11.0 Å². The molecule has 0 saturated heterocycles. The molecule has 0 atom stereocenters. The van der Waals surface area contributed by atoms with Gasteiger partial charge in [-0.2, -0.15) is 4.68 Å². The number of rotatable bonds is 2. The Hall–Kier alpha value is -3.22. The van der Waals surface area contributed by atoms with E-state index in [1.807, 2.05) is 18.2 Å². The van der Waals surface area contributed by atoms with E-state index in [1.54, 1.807) is 30.3 Å². The first kappa shape index (κ1) is 13.7. The van der Waals surface area contributed by atoms with Gasteiger partial charge in [-0.05, 0) is 18.2 Å². The van der Waals surface area contributed by atoms with Crippen molar-refractivity contribution >= 4 is 22.8 Å². The lowest BCUT2D eigenvalue weighted by molar-refractivity contribution is 0.0601. The van der Waals surface area contributed by atoms with Gasteiger partial charge in [-0.25, -0.2) is 4.79 Å². The molecule has 110 valence electrons. The van der Waals surface area contributed by atoms with Crippen LogP contribution in [0.4, 0.5) is 0 Å². The number of aromatic nitrogens is 3. The molecule has 3 aromatic rings. The normalized spacial score (nSPS) is 11.6. The molecule has 1 aromatic heterocycles. The fraction of sp³-hybridized carbons (Fsp3) is 0.0667. The molecule has 0 saturated carbocycles. The van der Waals surface area contributed by atoms with Crippen LogP contribution in [0.15, 0.2) is 53.7 Å². The summed E-state index contributed by atoms with van der Waals surface area (Å²) in [6.07, 6.45) is 0. The zero-order valence-corrected chi connectivity index (χ0v) is 11.7. The number of hydrogen-bond acceptors (Lipinski definition) is 6. The second-order valence-electron chi connectivity index (χ2n) is 4.49. The molecule has 0 bridgehead atoms. The van der Waals surface area contributed by atoms with E-state index in [9.17, 15) is 10.0 Å². The minimum absolute atomic E-state index is 0.213. The summed E-state index contributed by atoms with van der Waals surface area (Å²) in [6, 6.07) is 13.9. The van der Waals surface area contributed by atoms with E-state index in [2.05, 4.69) is 15.5 Å². The number of esters is 1. The molecular formula is C15H12N4O3. The third-order valence-electron chi connectivity index (χ3n) is 3.19. The minimum atomic E-state index is -0.461. The molecule has 0 aliphatic carbocycles. The van der Waals surface area contributed by atoms with Crippen molar-refractivity contribution in [2.45, 2.75) is 0 Å². The average Bonchev–Trinajstić information content (AvgIpc) is 2.99. The van der Waals surface area contributed by atoms with Gasteiger partial charge in [0.05, 0.1) is 18.2 Å². The molecule has 3 rings (SSSR count).